The van der Waals surface area contributed by atoms with Crippen LogP contribution in [0.25, 0.3) is 0 Å². The topological polar surface area (TPSA) is 49.9 Å². The van der Waals surface area contributed by atoms with Crippen LogP contribution < -0.4 is 4.74 Å². The summed E-state index contributed by atoms with van der Waals surface area (Å²) in [6, 6.07) is 11.8. The number of sulfonamides is 1. The fourth-order valence-corrected chi connectivity index (χ4v) is 4.55. The zero-order valence-electron chi connectivity index (χ0n) is 15.0. The molecule has 0 unspecified atom stereocenters. The highest BCUT2D eigenvalue weighted by Gasteiger charge is 2.28. The number of nitrogens with zero attached hydrogens (tertiary/aromatic N) is 2. The van der Waals surface area contributed by atoms with E-state index in [0.717, 1.165) is 17.9 Å². The maximum atomic E-state index is 13.4. The standard InChI is InChI=1S/C19H23FN2O3S/c1-15-13-18(7-8-19(15)20)26(23,24)22-11-9-21(10-12-22)14-16-3-5-17(25-2)6-4-16/h3-8,13H,9-12,14H2,1-2H3. The van der Waals surface area contributed by atoms with Crippen LogP contribution in [0.2, 0.25) is 0 Å². The van der Waals surface area contributed by atoms with Crippen LogP contribution in [0.3, 0.4) is 0 Å². The first-order valence-electron chi connectivity index (χ1n) is 8.52. The average Bonchev–Trinajstić information content (AvgIpc) is 2.65. The van der Waals surface area contributed by atoms with E-state index in [1.54, 1.807) is 14.0 Å². The SMILES string of the molecule is COc1ccc(CN2CCN(S(=O)(=O)c3ccc(F)c(C)c3)CC2)cc1. The third-order valence-corrected chi connectivity index (χ3v) is 6.56. The number of ether oxygens (including phenoxy) is 1. The van der Waals surface area contributed by atoms with Gasteiger partial charge < -0.3 is 4.74 Å². The molecule has 1 fully saturated rings. The van der Waals surface area contributed by atoms with Crippen molar-refractivity contribution in [1.82, 2.24) is 9.21 Å². The lowest BCUT2D eigenvalue weighted by molar-refractivity contribution is 0.181. The Hall–Kier alpha value is -1.96. The lowest BCUT2D eigenvalue weighted by Gasteiger charge is -2.34. The van der Waals surface area contributed by atoms with Gasteiger partial charge in [0.05, 0.1) is 12.0 Å². The van der Waals surface area contributed by atoms with Gasteiger partial charge in [-0.3, -0.25) is 4.90 Å². The van der Waals surface area contributed by atoms with Crippen LogP contribution in [0.4, 0.5) is 4.39 Å². The van der Waals surface area contributed by atoms with Crippen molar-refractivity contribution in [1.29, 1.82) is 0 Å². The molecule has 7 heteroatoms. The van der Waals surface area contributed by atoms with E-state index in [4.69, 9.17) is 4.74 Å². The van der Waals surface area contributed by atoms with Crippen molar-refractivity contribution in [3.63, 3.8) is 0 Å². The van der Waals surface area contributed by atoms with E-state index >= 15 is 0 Å². The summed E-state index contributed by atoms with van der Waals surface area (Å²) in [5.74, 6) is 0.424. The Morgan fingerprint density at radius 2 is 1.69 bits per heavy atom. The van der Waals surface area contributed by atoms with Crippen molar-refractivity contribution in [3.05, 3.63) is 59.4 Å². The lowest BCUT2D eigenvalue weighted by atomic mass is 10.2. The molecule has 0 radical (unpaired) electrons. The summed E-state index contributed by atoms with van der Waals surface area (Å²) in [7, 11) is -1.95. The Balaban J connectivity index is 1.62. The van der Waals surface area contributed by atoms with Crippen LogP contribution in [0.1, 0.15) is 11.1 Å². The molecule has 2 aromatic rings. The van der Waals surface area contributed by atoms with Gasteiger partial charge in [-0.25, -0.2) is 12.8 Å². The Morgan fingerprint density at radius 3 is 2.27 bits per heavy atom. The van der Waals surface area contributed by atoms with Gasteiger partial charge in [0, 0.05) is 32.7 Å². The van der Waals surface area contributed by atoms with Gasteiger partial charge in [-0.1, -0.05) is 12.1 Å². The second kappa shape index (κ2) is 7.73. The van der Waals surface area contributed by atoms with E-state index in [1.807, 2.05) is 24.3 Å². The molecule has 0 spiro atoms. The van der Waals surface area contributed by atoms with Gasteiger partial charge in [0.1, 0.15) is 11.6 Å². The zero-order chi connectivity index (χ0) is 18.7. The van der Waals surface area contributed by atoms with Crippen LogP contribution >= 0.6 is 0 Å². The molecular formula is C19H23FN2O3S. The highest BCUT2D eigenvalue weighted by atomic mass is 32.2. The van der Waals surface area contributed by atoms with Gasteiger partial charge in [-0.2, -0.15) is 4.31 Å². The molecule has 5 nitrogen and oxygen atoms in total. The molecular weight excluding hydrogens is 355 g/mol. The quantitative estimate of drug-likeness (QED) is 0.803. The first-order chi connectivity index (χ1) is 12.4. The Kier molecular flexibility index (Phi) is 5.60. The Morgan fingerprint density at radius 1 is 1.04 bits per heavy atom. The molecule has 1 heterocycles. The predicted molar refractivity (Wildman–Crippen MR) is 98.2 cm³/mol. The van der Waals surface area contributed by atoms with Crippen molar-refractivity contribution in [2.24, 2.45) is 0 Å². The minimum Gasteiger partial charge on any atom is -0.497 e. The summed E-state index contributed by atoms with van der Waals surface area (Å²) < 4.78 is 45.6. The van der Waals surface area contributed by atoms with Crippen molar-refractivity contribution in [2.45, 2.75) is 18.4 Å². The van der Waals surface area contributed by atoms with Gasteiger partial charge in [0.15, 0.2) is 0 Å². The molecule has 1 aliphatic heterocycles. The maximum Gasteiger partial charge on any atom is 0.243 e. The first-order valence-corrected chi connectivity index (χ1v) is 9.96. The number of hydrogen-bond donors (Lipinski definition) is 0. The van der Waals surface area contributed by atoms with Crippen LogP contribution in [0.15, 0.2) is 47.4 Å². The summed E-state index contributed by atoms with van der Waals surface area (Å²) in [6.45, 7) is 4.51. The van der Waals surface area contributed by atoms with Crippen LogP contribution in [0, 0.1) is 12.7 Å². The summed E-state index contributed by atoms with van der Waals surface area (Å²) in [4.78, 5) is 2.38. The van der Waals surface area contributed by atoms with E-state index in [0.29, 0.717) is 31.7 Å². The number of methoxy groups -OCH3 is 1. The van der Waals surface area contributed by atoms with E-state index in [9.17, 15) is 12.8 Å². The molecule has 0 atom stereocenters. The van der Waals surface area contributed by atoms with Crippen LogP contribution in [0.5, 0.6) is 5.75 Å². The van der Waals surface area contributed by atoms with Crippen molar-refractivity contribution in [3.8, 4) is 5.75 Å². The maximum absolute atomic E-state index is 13.4. The largest absolute Gasteiger partial charge is 0.497 e. The number of hydrogen-bond acceptors (Lipinski definition) is 4. The minimum atomic E-state index is -3.58. The number of halogens is 1. The van der Waals surface area contributed by atoms with Gasteiger partial charge in [-0.05, 0) is 48.4 Å². The number of rotatable bonds is 5. The number of benzene rings is 2. The summed E-state index contributed by atoms with van der Waals surface area (Å²) in [5.41, 5.74) is 1.50. The fourth-order valence-electron chi connectivity index (χ4n) is 3.04. The highest BCUT2D eigenvalue weighted by Crippen LogP contribution is 2.21. The van der Waals surface area contributed by atoms with E-state index in [-0.39, 0.29) is 4.90 Å². The molecule has 0 N–H and O–H groups in total. The average molecular weight is 378 g/mol. The van der Waals surface area contributed by atoms with Crippen molar-refractivity contribution < 1.29 is 17.5 Å². The molecule has 26 heavy (non-hydrogen) atoms. The van der Waals surface area contributed by atoms with E-state index in [2.05, 4.69) is 4.90 Å². The van der Waals surface area contributed by atoms with Crippen molar-refractivity contribution in [2.75, 3.05) is 33.3 Å². The minimum absolute atomic E-state index is 0.153. The smallest absolute Gasteiger partial charge is 0.243 e. The molecule has 0 aliphatic carbocycles. The third-order valence-electron chi connectivity index (χ3n) is 4.66. The molecule has 140 valence electrons. The van der Waals surface area contributed by atoms with E-state index in [1.165, 1.54) is 22.5 Å². The Bertz CT molecular complexity index is 861. The zero-order valence-corrected chi connectivity index (χ0v) is 15.8. The Labute approximate surface area is 154 Å². The number of piperazine rings is 1. The molecule has 3 rings (SSSR count). The molecule has 0 bridgehead atoms. The predicted octanol–water partition coefficient (Wildman–Crippen LogP) is 2.65. The molecule has 0 saturated carbocycles. The molecule has 1 aliphatic rings. The van der Waals surface area contributed by atoms with Crippen LogP contribution in [-0.2, 0) is 16.6 Å². The molecule has 0 aromatic heterocycles. The lowest BCUT2D eigenvalue weighted by Crippen LogP contribution is -2.48. The molecule has 2 aromatic carbocycles. The van der Waals surface area contributed by atoms with Crippen LogP contribution in [-0.4, -0.2) is 50.9 Å². The van der Waals surface area contributed by atoms with Crippen molar-refractivity contribution >= 4 is 10.0 Å². The van der Waals surface area contributed by atoms with Gasteiger partial charge in [0.2, 0.25) is 10.0 Å². The summed E-state index contributed by atoms with van der Waals surface area (Å²) in [6.07, 6.45) is 0. The summed E-state index contributed by atoms with van der Waals surface area (Å²) in [5, 5.41) is 0. The highest BCUT2D eigenvalue weighted by molar-refractivity contribution is 7.89. The van der Waals surface area contributed by atoms with Gasteiger partial charge in [0.25, 0.3) is 0 Å². The van der Waals surface area contributed by atoms with E-state index < -0.39 is 15.8 Å². The monoisotopic (exact) mass is 378 g/mol. The second-order valence-corrected chi connectivity index (χ2v) is 8.38. The molecule has 1 saturated heterocycles. The third kappa shape index (κ3) is 4.06. The first kappa shape index (κ1) is 18.8. The van der Waals surface area contributed by atoms with Gasteiger partial charge >= 0.3 is 0 Å². The number of aryl methyl sites for hydroxylation is 1. The van der Waals surface area contributed by atoms with Gasteiger partial charge in [-0.15, -0.1) is 0 Å². The summed E-state index contributed by atoms with van der Waals surface area (Å²) >= 11 is 0. The second-order valence-electron chi connectivity index (χ2n) is 6.44. The normalized spacial score (nSPS) is 16.6. The fraction of sp³-hybridized carbons (Fsp3) is 0.368. The molecule has 0 amide bonds.